The SMILES string of the molecule is COc1cc(C(=O)NCCOc2ccc3ccccc3c2)cc(Cl)c1OC. The highest BCUT2D eigenvalue weighted by Gasteiger charge is 2.15. The monoisotopic (exact) mass is 385 g/mol. The van der Waals surface area contributed by atoms with Gasteiger partial charge in [-0.15, -0.1) is 0 Å². The summed E-state index contributed by atoms with van der Waals surface area (Å²) in [4.78, 5) is 12.3. The number of ether oxygens (including phenoxy) is 3. The van der Waals surface area contributed by atoms with Crippen molar-refractivity contribution in [3.8, 4) is 17.2 Å². The van der Waals surface area contributed by atoms with E-state index < -0.39 is 0 Å². The molecule has 0 saturated carbocycles. The minimum Gasteiger partial charge on any atom is -0.493 e. The van der Waals surface area contributed by atoms with E-state index in [-0.39, 0.29) is 5.91 Å². The van der Waals surface area contributed by atoms with Crippen LogP contribution in [-0.2, 0) is 0 Å². The molecule has 0 radical (unpaired) electrons. The van der Waals surface area contributed by atoms with Crippen LogP contribution in [0.15, 0.2) is 54.6 Å². The van der Waals surface area contributed by atoms with Gasteiger partial charge in [0.1, 0.15) is 12.4 Å². The van der Waals surface area contributed by atoms with Crippen LogP contribution >= 0.6 is 11.6 Å². The quantitative estimate of drug-likeness (QED) is 0.615. The number of amides is 1. The minimum absolute atomic E-state index is 0.264. The van der Waals surface area contributed by atoms with E-state index >= 15 is 0 Å². The van der Waals surface area contributed by atoms with E-state index in [0.29, 0.717) is 35.2 Å². The van der Waals surface area contributed by atoms with Gasteiger partial charge in [-0.2, -0.15) is 0 Å². The van der Waals surface area contributed by atoms with Crippen molar-refractivity contribution in [1.82, 2.24) is 5.32 Å². The molecule has 0 spiro atoms. The molecule has 3 aromatic carbocycles. The van der Waals surface area contributed by atoms with Gasteiger partial charge in [-0.3, -0.25) is 4.79 Å². The summed E-state index contributed by atoms with van der Waals surface area (Å²) in [5.74, 6) is 1.30. The lowest BCUT2D eigenvalue weighted by Crippen LogP contribution is -2.28. The molecule has 0 aromatic heterocycles. The summed E-state index contributed by atoms with van der Waals surface area (Å²) in [6.45, 7) is 0.711. The van der Waals surface area contributed by atoms with Crippen LogP contribution in [-0.4, -0.2) is 33.3 Å². The highest BCUT2D eigenvalue weighted by atomic mass is 35.5. The standard InChI is InChI=1S/C21H20ClNO4/c1-25-19-13-16(12-18(22)20(19)26-2)21(24)23-9-10-27-17-8-7-14-5-3-4-6-15(14)11-17/h3-8,11-13H,9-10H2,1-2H3,(H,23,24). The molecule has 5 nitrogen and oxygen atoms in total. The van der Waals surface area contributed by atoms with Crippen LogP contribution in [0.1, 0.15) is 10.4 Å². The summed E-state index contributed by atoms with van der Waals surface area (Å²) in [5.41, 5.74) is 0.392. The Bertz CT molecular complexity index is 958. The van der Waals surface area contributed by atoms with E-state index in [1.54, 1.807) is 12.1 Å². The number of methoxy groups -OCH3 is 2. The van der Waals surface area contributed by atoms with Crippen molar-refractivity contribution >= 4 is 28.3 Å². The Hall–Kier alpha value is -2.92. The Balaban J connectivity index is 1.57. The zero-order valence-electron chi connectivity index (χ0n) is 15.1. The van der Waals surface area contributed by atoms with Crippen molar-refractivity contribution in [2.75, 3.05) is 27.4 Å². The molecular formula is C21H20ClNO4. The minimum atomic E-state index is -0.264. The first-order valence-electron chi connectivity index (χ1n) is 8.43. The summed E-state index contributed by atoms with van der Waals surface area (Å²) in [5, 5.41) is 5.38. The Morgan fingerprint density at radius 3 is 2.52 bits per heavy atom. The Morgan fingerprint density at radius 2 is 1.78 bits per heavy atom. The maximum Gasteiger partial charge on any atom is 0.251 e. The largest absolute Gasteiger partial charge is 0.493 e. The molecule has 0 fully saturated rings. The van der Waals surface area contributed by atoms with Crippen molar-refractivity contribution < 1.29 is 19.0 Å². The lowest BCUT2D eigenvalue weighted by molar-refractivity contribution is 0.0946. The molecule has 0 aliphatic rings. The van der Waals surface area contributed by atoms with Gasteiger partial charge in [0.25, 0.3) is 5.91 Å². The predicted molar refractivity (Wildman–Crippen MR) is 106 cm³/mol. The van der Waals surface area contributed by atoms with Crippen LogP contribution in [0.2, 0.25) is 5.02 Å². The Morgan fingerprint density at radius 1 is 1.00 bits per heavy atom. The van der Waals surface area contributed by atoms with Gasteiger partial charge in [-0.05, 0) is 35.0 Å². The summed E-state index contributed by atoms with van der Waals surface area (Å²) in [6.07, 6.45) is 0. The second kappa shape index (κ2) is 8.64. The lowest BCUT2D eigenvalue weighted by atomic mass is 10.1. The molecule has 6 heteroatoms. The molecule has 3 rings (SSSR count). The summed E-state index contributed by atoms with van der Waals surface area (Å²) in [7, 11) is 2.99. The maximum absolute atomic E-state index is 12.3. The van der Waals surface area contributed by atoms with E-state index in [1.165, 1.54) is 14.2 Å². The third kappa shape index (κ3) is 4.44. The van der Waals surface area contributed by atoms with E-state index in [9.17, 15) is 4.79 Å². The average Bonchev–Trinajstić information content (AvgIpc) is 2.70. The van der Waals surface area contributed by atoms with Crippen LogP contribution < -0.4 is 19.5 Å². The molecule has 0 aliphatic carbocycles. The third-order valence-corrected chi connectivity index (χ3v) is 4.35. The highest BCUT2D eigenvalue weighted by molar-refractivity contribution is 6.32. The maximum atomic E-state index is 12.3. The zero-order valence-corrected chi connectivity index (χ0v) is 15.9. The van der Waals surface area contributed by atoms with Crippen LogP contribution in [0.5, 0.6) is 17.2 Å². The summed E-state index contributed by atoms with van der Waals surface area (Å²) < 4.78 is 16.1. The van der Waals surface area contributed by atoms with Gasteiger partial charge in [0, 0.05) is 5.56 Å². The van der Waals surface area contributed by atoms with Gasteiger partial charge in [0.05, 0.1) is 25.8 Å². The average molecular weight is 386 g/mol. The summed E-state index contributed by atoms with van der Waals surface area (Å²) >= 11 is 6.14. The van der Waals surface area contributed by atoms with Gasteiger partial charge >= 0.3 is 0 Å². The van der Waals surface area contributed by atoms with Crippen LogP contribution in [0, 0.1) is 0 Å². The van der Waals surface area contributed by atoms with Crippen molar-refractivity contribution in [1.29, 1.82) is 0 Å². The van der Waals surface area contributed by atoms with Crippen molar-refractivity contribution in [2.24, 2.45) is 0 Å². The van der Waals surface area contributed by atoms with E-state index in [4.69, 9.17) is 25.8 Å². The molecule has 3 aromatic rings. The van der Waals surface area contributed by atoms with Gasteiger partial charge in [0.2, 0.25) is 0 Å². The molecule has 1 N–H and O–H groups in total. The second-order valence-corrected chi connectivity index (χ2v) is 6.21. The molecule has 27 heavy (non-hydrogen) atoms. The highest BCUT2D eigenvalue weighted by Crippen LogP contribution is 2.35. The topological polar surface area (TPSA) is 56.8 Å². The predicted octanol–water partition coefficient (Wildman–Crippen LogP) is 4.32. The van der Waals surface area contributed by atoms with Crippen molar-refractivity contribution in [3.05, 3.63) is 65.2 Å². The molecule has 0 bridgehead atoms. The first-order chi connectivity index (χ1) is 13.1. The number of carbonyl (C=O) groups excluding carboxylic acids is 1. The zero-order chi connectivity index (χ0) is 19.2. The molecule has 0 saturated heterocycles. The first kappa shape index (κ1) is 18.9. The van der Waals surface area contributed by atoms with Gasteiger partial charge in [0.15, 0.2) is 11.5 Å². The van der Waals surface area contributed by atoms with Crippen LogP contribution in [0.3, 0.4) is 0 Å². The molecule has 140 valence electrons. The number of fused-ring (bicyclic) bond motifs is 1. The van der Waals surface area contributed by atoms with Gasteiger partial charge in [-0.25, -0.2) is 0 Å². The fourth-order valence-electron chi connectivity index (χ4n) is 2.74. The summed E-state index contributed by atoms with van der Waals surface area (Å²) in [6, 6.07) is 17.1. The lowest BCUT2D eigenvalue weighted by Gasteiger charge is -2.12. The van der Waals surface area contributed by atoms with Crippen molar-refractivity contribution in [3.63, 3.8) is 0 Å². The molecule has 0 atom stereocenters. The number of hydrogen-bond acceptors (Lipinski definition) is 4. The van der Waals surface area contributed by atoms with Crippen molar-refractivity contribution in [2.45, 2.75) is 0 Å². The number of nitrogens with one attached hydrogen (secondary N) is 1. The normalized spacial score (nSPS) is 10.5. The van der Waals surface area contributed by atoms with Gasteiger partial charge < -0.3 is 19.5 Å². The number of benzene rings is 3. The Labute approximate surface area is 162 Å². The number of halogens is 1. The second-order valence-electron chi connectivity index (χ2n) is 5.81. The molecule has 0 aliphatic heterocycles. The molecule has 1 amide bonds. The van der Waals surface area contributed by atoms with Gasteiger partial charge in [-0.1, -0.05) is 41.9 Å². The number of rotatable bonds is 7. The van der Waals surface area contributed by atoms with E-state index in [1.807, 2.05) is 42.5 Å². The Kier molecular flexibility index (Phi) is 6.04. The van der Waals surface area contributed by atoms with E-state index in [2.05, 4.69) is 5.32 Å². The van der Waals surface area contributed by atoms with E-state index in [0.717, 1.165) is 16.5 Å². The fraction of sp³-hybridized carbons (Fsp3) is 0.190. The van der Waals surface area contributed by atoms with Crippen LogP contribution in [0.25, 0.3) is 10.8 Å². The molecular weight excluding hydrogens is 366 g/mol. The van der Waals surface area contributed by atoms with Crippen LogP contribution in [0.4, 0.5) is 0 Å². The number of carbonyl (C=O) groups is 1. The molecule has 0 unspecified atom stereocenters. The number of hydrogen-bond donors (Lipinski definition) is 1. The third-order valence-electron chi connectivity index (χ3n) is 4.07. The first-order valence-corrected chi connectivity index (χ1v) is 8.81. The fourth-order valence-corrected chi connectivity index (χ4v) is 3.03. The smallest absolute Gasteiger partial charge is 0.251 e. The molecule has 0 heterocycles.